The van der Waals surface area contributed by atoms with Crippen LogP contribution in [-0.4, -0.2) is 25.3 Å². The van der Waals surface area contributed by atoms with E-state index in [1.54, 1.807) is 0 Å². The van der Waals surface area contributed by atoms with Crippen molar-refractivity contribution in [3.63, 3.8) is 0 Å². The molecule has 1 aliphatic heterocycles. The number of benzene rings is 1. The van der Waals surface area contributed by atoms with Gasteiger partial charge in [0, 0.05) is 12.1 Å². The Bertz CT molecular complexity index is 486. The average molecular weight is 275 g/mol. The Kier molecular flexibility index (Phi) is 4.71. The van der Waals surface area contributed by atoms with Crippen molar-refractivity contribution in [2.24, 2.45) is 0 Å². The van der Waals surface area contributed by atoms with Crippen molar-refractivity contribution in [1.29, 1.82) is 0 Å². The van der Waals surface area contributed by atoms with E-state index < -0.39 is 0 Å². The Hall–Kier alpha value is -1.48. The fourth-order valence-corrected chi connectivity index (χ4v) is 2.04. The first-order valence-corrected chi connectivity index (χ1v) is 7.32. The van der Waals surface area contributed by atoms with Crippen LogP contribution in [0.4, 0.5) is 0 Å². The highest BCUT2D eigenvalue weighted by atomic mass is 16.6. The highest BCUT2D eigenvalue weighted by molar-refractivity contribution is 5.58. The fourth-order valence-electron chi connectivity index (χ4n) is 2.04. The largest absolute Gasteiger partial charge is 0.486 e. The van der Waals surface area contributed by atoms with E-state index in [1.807, 2.05) is 6.07 Å². The quantitative estimate of drug-likeness (QED) is 0.910. The molecule has 1 heterocycles. The van der Waals surface area contributed by atoms with Crippen LogP contribution in [0.5, 0.6) is 11.5 Å². The number of fused-ring (bicyclic) bond motifs is 1. The maximum absolute atomic E-state index is 5.62. The normalized spacial score (nSPS) is 15.3. The van der Waals surface area contributed by atoms with Crippen molar-refractivity contribution in [3.8, 4) is 11.5 Å². The Morgan fingerprint density at radius 3 is 2.55 bits per heavy atom. The summed E-state index contributed by atoms with van der Waals surface area (Å²) in [7, 11) is 0. The van der Waals surface area contributed by atoms with Crippen LogP contribution in [0.25, 0.3) is 6.08 Å². The van der Waals surface area contributed by atoms with Crippen molar-refractivity contribution in [2.45, 2.75) is 39.7 Å². The molecule has 3 nitrogen and oxygen atoms in total. The van der Waals surface area contributed by atoms with Gasteiger partial charge in [0.15, 0.2) is 11.5 Å². The van der Waals surface area contributed by atoms with E-state index in [1.165, 1.54) is 11.1 Å². The van der Waals surface area contributed by atoms with Crippen LogP contribution in [0.15, 0.2) is 23.8 Å². The smallest absolute Gasteiger partial charge is 0.161 e. The Balaban J connectivity index is 2.11. The first-order valence-electron chi connectivity index (χ1n) is 7.32. The van der Waals surface area contributed by atoms with Crippen LogP contribution >= 0.6 is 0 Å². The molecule has 0 saturated heterocycles. The van der Waals surface area contributed by atoms with Crippen LogP contribution in [0.1, 0.15) is 39.7 Å². The minimum Gasteiger partial charge on any atom is -0.486 e. The summed E-state index contributed by atoms with van der Waals surface area (Å²) < 4.78 is 11.2. The molecule has 110 valence electrons. The minimum atomic E-state index is 0.140. The van der Waals surface area contributed by atoms with Gasteiger partial charge in [-0.05, 0) is 44.9 Å². The van der Waals surface area contributed by atoms with Crippen molar-refractivity contribution >= 4 is 6.08 Å². The van der Waals surface area contributed by atoms with Gasteiger partial charge in [-0.2, -0.15) is 0 Å². The summed E-state index contributed by atoms with van der Waals surface area (Å²) in [4.78, 5) is 0. The highest BCUT2D eigenvalue weighted by Crippen LogP contribution is 2.31. The van der Waals surface area contributed by atoms with Crippen LogP contribution in [0.3, 0.4) is 0 Å². The average Bonchev–Trinajstić information content (AvgIpc) is 2.42. The van der Waals surface area contributed by atoms with Gasteiger partial charge < -0.3 is 14.8 Å². The molecule has 0 bridgehead atoms. The van der Waals surface area contributed by atoms with Crippen molar-refractivity contribution in [2.75, 3.05) is 19.8 Å². The van der Waals surface area contributed by atoms with Gasteiger partial charge in [-0.3, -0.25) is 0 Å². The molecule has 0 saturated carbocycles. The molecule has 0 fully saturated rings. The molecule has 3 heteroatoms. The highest BCUT2D eigenvalue weighted by Gasteiger charge is 2.12. The van der Waals surface area contributed by atoms with Gasteiger partial charge in [-0.1, -0.05) is 24.6 Å². The second-order valence-electron chi connectivity index (χ2n) is 6.16. The zero-order chi connectivity index (χ0) is 14.6. The zero-order valence-electron chi connectivity index (χ0n) is 13.0. The fraction of sp³-hybridized carbons (Fsp3) is 0.529. The molecule has 0 unspecified atom stereocenters. The number of nitrogens with one attached hydrogen (secondary N) is 1. The van der Waals surface area contributed by atoms with E-state index in [0.717, 1.165) is 24.5 Å². The van der Waals surface area contributed by atoms with Crippen LogP contribution < -0.4 is 14.8 Å². The molecule has 1 aromatic carbocycles. The van der Waals surface area contributed by atoms with Crippen LogP contribution in [-0.2, 0) is 0 Å². The van der Waals surface area contributed by atoms with Crippen molar-refractivity contribution in [1.82, 2.24) is 5.32 Å². The summed E-state index contributed by atoms with van der Waals surface area (Å²) in [5.74, 6) is 1.70. The third kappa shape index (κ3) is 4.27. The van der Waals surface area contributed by atoms with E-state index in [0.29, 0.717) is 13.2 Å². The Morgan fingerprint density at radius 2 is 1.90 bits per heavy atom. The summed E-state index contributed by atoms with van der Waals surface area (Å²) in [6.45, 7) is 10.9. The lowest BCUT2D eigenvalue weighted by Gasteiger charge is -2.22. The third-order valence-electron chi connectivity index (χ3n) is 3.24. The van der Waals surface area contributed by atoms with Crippen LogP contribution in [0.2, 0.25) is 0 Å². The van der Waals surface area contributed by atoms with E-state index >= 15 is 0 Å². The summed E-state index contributed by atoms with van der Waals surface area (Å²) in [6, 6.07) is 6.13. The minimum absolute atomic E-state index is 0.140. The van der Waals surface area contributed by atoms with Gasteiger partial charge in [0.25, 0.3) is 0 Å². The molecule has 0 spiro atoms. The molecular formula is C17H25NO2. The SMILES string of the molecule is CCC(=Cc1ccc2c(c1)OCCO2)CNC(C)(C)C. The molecule has 0 aromatic heterocycles. The van der Waals surface area contributed by atoms with E-state index in [-0.39, 0.29) is 5.54 Å². The van der Waals surface area contributed by atoms with Crippen LogP contribution in [0, 0.1) is 0 Å². The topological polar surface area (TPSA) is 30.5 Å². The predicted octanol–water partition coefficient (Wildman–Crippen LogP) is 3.64. The number of hydrogen-bond acceptors (Lipinski definition) is 3. The van der Waals surface area contributed by atoms with Crippen molar-refractivity contribution < 1.29 is 9.47 Å². The Labute approximate surface area is 122 Å². The lowest BCUT2D eigenvalue weighted by Crippen LogP contribution is -2.36. The molecule has 1 aliphatic rings. The molecule has 0 radical (unpaired) electrons. The monoisotopic (exact) mass is 275 g/mol. The second kappa shape index (κ2) is 6.31. The third-order valence-corrected chi connectivity index (χ3v) is 3.24. The Morgan fingerprint density at radius 1 is 1.20 bits per heavy atom. The van der Waals surface area contributed by atoms with Gasteiger partial charge in [0.2, 0.25) is 0 Å². The van der Waals surface area contributed by atoms with Gasteiger partial charge in [-0.15, -0.1) is 0 Å². The van der Waals surface area contributed by atoms with E-state index in [2.05, 4.69) is 51.2 Å². The van der Waals surface area contributed by atoms with E-state index in [9.17, 15) is 0 Å². The molecule has 0 aliphatic carbocycles. The number of ether oxygens (including phenoxy) is 2. The number of rotatable bonds is 4. The molecule has 20 heavy (non-hydrogen) atoms. The molecular weight excluding hydrogens is 250 g/mol. The first-order chi connectivity index (χ1) is 9.48. The maximum atomic E-state index is 5.62. The summed E-state index contributed by atoms with van der Waals surface area (Å²) in [5.41, 5.74) is 2.69. The van der Waals surface area contributed by atoms with E-state index in [4.69, 9.17) is 9.47 Å². The second-order valence-corrected chi connectivity index (χ2v) is 6.16. The molecule has 0 amide bonds. The lowest BCUT2D eigenvalue weighted by atomic mass is 10.1. The molecule has 0 atom stereocenters. The molecule has 2 rings (SSSR count). The molecule has 1 aromatic rings. The summed E-state index contributed by atoms with van der Waals surface area (Å²) >= 11 is 0. The maximum Gasteiger partial charge on any atom is 0.161 e. The van der Waals surface area contributed by atoms with Gasteiger partial charge in [0.1, 0.15) is 13.2 Å². The zero-order valence-corrected chi connectivity index (χ0v) is 13.0. The molecule has 1 N–H and O–H groups in total. The number of hydrogen-bond donors (Lipinski definition) is 1. The van der Waals surface area contributed by atoms with Gasteiger partial charge in [0.05, 0.1) is 0 Å². The standard InChI is InChI=1S/C17H25NO2/c1-5-13(12-18-17(2,3)4)10-14-6-7-15-16(11-14)20-9-8-19-15/h6-7,10-11,18H,5,8-9,12H2,1-4H3. The van der Waals surface area contributed by atoms with Gasteiger partial charge >= 0.3 is 0 Å². The van der Waals surface area contributed by atoms with Crippen molar-refractivity contribution in [3.05, 3.63) is 29.3 Å². The summed E-state index contributed by atoms with van der Waals surface area (Å²) in [5, 5.41) is 3.53. The predicted molar refractivity (Wildman–Crippen MR) is 83.5 cm³/mol. The first kappa shape index (κ1) is 14.9. The van der Waals surface area contributed by atoms with Gasteiger partial charge in [-0.25, -0.2) is 0 Å². The summed E-state index contributed by atoms with van der Waals surface area (Å²) in [6.07, 6.45) is 3.27. The lowest BCUT2D eigenvalue weighted by molar-refractivity contribution is 0.171.